The number of carbonyl (C=O) groups excluding carboxylic acids is 4. The molecule has 4 aliphatic carbocycles. The molecule has 6 unspecified atom stereocenters. The number of allylic oxidation sites excluding steroid dienone is 2. The fraction of sp³-hybridized carbons (Fsp3) is 0.214. The summed E-state index contributed by atoms with van der Waals surface area (Å²) in [6, 6.07) is 29.7. The third kappa shape index (κ3) is 4.96. The predicted octanol–water partition coefficient (Wildman–Crippen LogP) is 8.24. The van der Waals surface area contributed by atoms with Crippen LogP contribution in [0.1, 0.15) is 32.7 Å². The Bertz CT molecular complexity index is 2250. The summed E-state index contributed by atoms with van der Waals surface area (Å²) in [5, 5.41) is 0.596. The van der Waals surface area contributed by atoms with Crippen molar-refractivity contribution in [2.75, 3.05) is 11.5 Å². The summed E-state index contributed by atoms with van der Waals surface area (Å²) < 4.78 is 6.39. The number of carbonyl (C=O) groups is 4. The molecule has 1 aromatic heterocycles. The van der Waals surface area contributed by atoms with Crippen molar-refractivity contribution in [3.63, 3.8) is 0 Å². The van der Waals surface area contributed by atoms with Crippen molar-refractivity contribution in [2.45, 2.75) is 13.3 Å². The van der Waals surface area contributed by atoms with Gasteiger partial charge in [0.25, 0.3) is 0 Å². The van der Waals surface area contributed by atoms with Gasteiger partial charge in [-0.05, 0) is 84.0 Å². The van der Waals surface area contributed by atoms with E-state index in [1.807, 2.05) is 73.7 Å². The normalized spacial score (nSPS) is 24.3. The summed E-state index contributed by atoms with van der Waals surface area (Å²) >= 11 is 3.54. The van der Waals surface area contributed by atoms with Gasteiger partial charge in [0.1, 0.15) is 0 Å². The average molecular weight is 724 g/mol. The lowest BCUT2D eigenvalue weighted by Gasteiger charge is -2.37. The second-order valence-corrected chi connectivity index (χ2v) is 14.7. The summed E-state index contributed by atoms with van der Waals surface area (Å²) in [6.45, 7) is 1.50. The van der Waals surface area contributed by atoms with E-state index in [1.54, 1.807) is 30.3 Å². The Labute approximate surface area is 297 Å². The summed E-state index contributed by atoms with van der Waals surface area (Å²) in [6.07, 6.45) is 5.46. The number of fused-ring (bicyclic) bond motifs is 1. The molecular weight excluding hydrogens is 692 g/mol. The van der Waals surface area contributed by atoms with Crippen LogP contribution in [0.3, 0.4) is 0 Å². The van der Waals surface area contributed by atoms with Crippen LogP contribution in [0, 0.1) is 42.4 Å². The van der Waals surface area contributed by atoms with Crippen LogP contribution in [0.4, 0.5) is 5.69 Å². The van der Waals surface area contributed by atoms with Crippen molar-refractivity contribution in [1.29, 1.82) is 0 Å². The molecule has 2 saturated carbocycles. The number of ether oxygens (including phenoxy) is 1. The summed E-state index contributed by atoms with van der Waals surface area (Å²) in [5.41, 5.74) is 6.02. The Kier molecular flexibility index (Phi) is 7.21. The van der Waals surface area contributed by atoms with Gasteiger partial charge in [-0.3, -0.25) is 19.3 Å². The Balaban J connectivity index is 0.972. The van der Waals surface area contributed by atoms with E-state index in [1.165, 1.54) is 4.90 Å². The first-order valence-electron chi connectivity index (χ1n) is 16.9. The molecule has 0 spiro atoms. The molecule has 50 heavy (non-hydrogen) atoms. The van der Waals surface area contributed by atoms with Crippen molar-refractivity contribution >= 4 is 56.1 Å². The molecule has 5 aliphatic rings. The fourth-order valence-electron chi connectivity index (χ4n) is 8.54. The quantitative estimate of drug-likeness (QED) is 0.0727. The van der Waals surface area contributed by atoms with Gasteiger partial charge in [-0.25, -0.2) is 9.78 Å². The highest BCUT2D eigenvalue weighted by atomic mass is 79.9. The third-order valence-electron chi connectivity index (χ3n) is 11.0. The monoisotopic (exact) mass is 722 g/mol. The smallest absolute Gasteiger partial charge is 0.339 e. The van der Waals surface area contributed by atoms with Crippen molar-refractivity contribution < 1.29 is 23.9 Å². The number of rotatable bonds is 7. The molecule has 4 aromatic carbocycles. The number of aryl methyl sites for hydroxylation is 1. The number of nitrogens with zero attached hydrogens (tertiary/aromatic N) is 2. The van der Waals surface area contributed by atoms with Gasteiger partial charge in [-0.15, -0.1) is 0 Å². The zero-order valence-electron chi connectivity index (χ0n) is 27.1. The number of anilines is 1. The number of benzene rings is 4. The first-order valence-corrected chi connectivity index (χ1v) is 17.7. The highest BCUT2D eigenvalue weighted by Crippen LogP contribution is 2.65. The summed E-state index contributed by atoms with van der Waals surface area (Å²) in [4.78, 5) is 60.3. The molecule has 1 saturated heterocycles. The van der Waals surface area contributed by atoms with E-state index >= 15 is 0 Å². The zero-order chi connectivity index (χ0) is 34.3. The Morgan fingerprint density at radius 2 is 1.42 bits per heavy atom. The van der Waals surface area contributed by atoms with Crippen LogP contribution in [-0.2, 0) is 14.3 Å². The Morgan fingerprint density at radius 3 is 2.08 bits per heavy atom. The molecule has 8 heteroatoms. The van der Waals surface area contributed by atoms with E-state index in [0.29, 0.717) is 45.2 Å². The van der Waals surface area contributed by atoms with Gasteiger partial charge in [0.15, 0.2) is 12.4 Å². The van der Waals surface area contributed by atoms with Crippen molar-refractivity contribution in [2.24, 2.45) is 35.5 Å². The first-order chi connectivity index (χ1) is 24.3. The van der Waals surface area contributed by atoms with Crippen LogP contribution in [-0.4, -0.2) is 35.2 Å². The van der Waals surface area contributed by atoms with Gasteiger partial charge in [0.2, 0.25) is 11.8 Å². The van der Waals surface area contributed by atoms with Gasteiger partial charge < -0.3 is 4.74 Å². The van der Waals surface area contributed by atoms with Gasteiger partial charge >= 0.3 is 5.97 Å². The number of imide groups is 1. The maximum atomic E-state index is 13.6. The molecule has 2 amide bonds. The van der Waals surface area contributed by atoms with Crippen LogP contribution < -0.4 is 4.90 Å². The predicted molar refractivity (Wildman–Crippen MR) is 193 cm³/mol. The summed E-state index contributed by atoms with van der Waals surface area (Å²) in [7, 11) is 0. The number of pyridine rings is 1. The Morgan fingerprint density at radius 1 is 0.800 bits per heavy atom. The first kappa shape index (κ1) is 30.8. The number of hydrogen-bond donors (Lipinski definition) is 0. The molecule has 0 radical (unpaired) electrons. The highest BCUT2D eigenvalue weighted by Gasteiger charge is 2.67. The zero-order valence-corrected chi connectivity index (χ0v) is 28.7. The van der Waals surface area contributed by atoms with E-state index in [2.05, 4.69) is 28.1 Å². The molecule has 6 atom stereocenters. The third-order valence-corrected chi connectivity index (χ3v) is 11.5. The molecular formula is C42H31BrN2O5. The Hall–Kier alpha value is -5.21. The molecule has 246 valence electrons. The topological polar surface area (TPSA) is 93.6 Å². The van der Waals surface area contributed by atoms with E-state index in [9.17, 15) is 19.2 Å². The largest absolute Gasteiger partial charge is 0.454 e. The van der Waals surface area contributed by atoms with Gasteiger partial charge in [-0.1, -0.05) is 94.8 Å². The minimum absolute atomic E-state index is 0.103. The number of hydrogen-bond acceptors (Lipinski definition) is 6. The number of Topliss-reactive ketones (excluding diaryl/α,β-unsaturated/α-hetero) is 1. The molecule has 2 heterocycles. The second kappa shape index (κ2) is 11.7. The SMILES string of the molecule is Cc1cc(Br)cc2c(C(=O)OCC(=O)c3ccc(-c4ccccc4)cc3)cc(-c3ccc(N4C(=O)C5C6C=CC(C7CC67)C5C4=O)cc3)nc12. The number of halogens is 1. The number of amides is 2. The van der Waals surface area contributed by atoms with Crippen LogP contribution in [0.25, 0.3) is 33.3 Å². The maximum absolute atomic E-state index is 13.6. The molecule has 1 aliphatic heterocycles. The maximum Gasteiger partial charge on any atom is 0.339 e. The molecule has 10 rings (SSSR count). The van der Waals surface area contributed by atoms with Gasteiger partial charge in [0, 0.05) is 21.0 Å². The van der Waals surface area contributed by atoms with Gasteiger partial charge in [0.05, 0.1) is 34.3 Å². The van der Waals surface area contributed by atoms with E-state index < -0.39 is 12.6 Å². The molecule has 3 fully saturated rings. The van der Waals surface area contributed by atoms with E-state index in [0.717, 1.165) is 27.6 Å². The number of aromatic nitrogens is 1. The van der Waals surface area contributed by atoms with E-state index in [4.69, 9.17) is 9.72 Å². The molecule has 2 bridgehead atoms. The fourth-order valence-corrected chi connectivity index (χ4v) is 9.11. The lowest BCUT2D eigenvalue weighted by atomic mass is 9.63. The second-order valence-electron chi connectivity index (χ2n) is 13.8. The van der Waals surface area contributed by atoms with Crippen molar-refractivity contribution in [3.05, 3.63) is 130 Å². The van der Waals surface area contributed by atoms with Crippen LogP contribution in [0.5, 0.6) is 0 Å². The van der Waals surface area contributed by atoms with E-state index in [-0.39, 0.29) is 46.8 Å². The number of esters is 1. The lowest BCUT2D eigenvalue weighted by Crippen LogP contribution is -2.40. The van der Waals surface area contributed by atoms with Crippen molar-refractivity contribution in [1.82, 2.24) is 4.98 Å². The number of ketones is 1. The highest BCUT2D eigenvalue weighted by molar-refractivity contribution is 9.10. The van der Waals surface area contributed by atoms with Crippen molar-refractivity contribution in [3.8, 4) is 22.4 Å². The van der Waals surface area contributed by atoms with Crippen LogP contribution >= 0.6 is 15.9 Å². The minimum atomic E-state index is -0.640. The van der Waals surface area contributed by atoms with Crippen LogP contribution in [0.15, 0.2) is 114 Å². The summed E-state index contributed by atoms with van der Waals surface area (Å²) in [5.74, 6) is -0.278. The minimum Gasteiger partial charge on any atom is -0.454 e. The average Bonchev–Trinajstić information content (AvgIpc) is 3.92. The van der Waals surface area contributed by atoms with Gasteiger partial charge in [-0.2, -0.15) is 0 Å². The molecule has 7 nitrogen and oxygen atoms in total. The van der Waals surface area contributed by atoms with Crippen LogP contribution in [0.2, 0.25) is 0 Å². The molecule has 5 aromatic rings. The lowest BCUT2D eigenvalue weighted by molar-refractivity contribution is -0.124. The standard InChI is InChI=1S/C42H31BrN2O5/c1-22-17-27(43)18-33-34(42(49)50-21-36(46)26-9-7-24(8-10-26)23-5-3-2-4-6-23)20-35(44-39(22)33)25-11-13-28(14-12-25)45-40(47)37-29-15-16-30(32-19-31(29)32)38(37)41(45)48/h2-18,20,29-32,37-38H,19,21H2,1H3. The molecule has 0 N–H and O–H groups in total.